The van der Waals surface area contributed by atoms with Crippen LogP contribution in [-0.4, -0.2) is 29.0 Å². The van der Waals surface area contributed by atoms with Gasteiger partial charge < -0.3 is 10.6 Å². The normalized spacial score (nSPS) is 21.4. The fourth-order valence-corrected chi connectivity index (χ4v) is 3.19. The van der Waals surface area contributed by atoms with Crippen LogP contribution in [0.2, 0.25) is 0 Å². The van der Waals surface area contributed by atoms with Crippen LogP contribution in [0, 0.1) is 5.92 Å². The molecule has 1 amide bonds. The van der Waals surface area contributed by atoms with Gasteiger partial charge in [-0.15, -0.1) is 0 Å². The maximum Gasteiger partial charge on any atom is 0.223 e. The van der Waals surface area contributed by atoms with Crippen LogP contribution in [0.15, 0.2) is 28.9 Å². The standard InChI is InChI=1S/C15H17BrN4O/c1-17-14(21)9-2-4-12(7-9)19-15-18-8-10-6-11(16)3-5-13(10)20-15/h3,5-6,8-9,12H,2,4,7H2,1H3,(H,17,21)(H,18,19,20). The van der Waals surface area contributed by atoms with E-state index >= 15 is 0 Å². The second-order valence-corrected chi connectivity index (χ2v) is 6.28. The molecule has 2 aromatic rings. The molecule has 5 nitrogen and oxygen atoms in total. The number of anilines is 1. The Morgan fingerprint density at radius 3 is 3.05 bits per heavy atom. The number of carbonyl (C=O) groups is 1. The van der Waals surface area contributed by atoms with Gasteiger partial charge in [0.15, 0.2) is 0 Å². The molecule has 6 heteroatoms. The van der Waals surface area contributed by atoms with Crippen molar-refractivity contribution in [3.8, 4) is 0 Å². The molecule has 3 rings (SSSR count). The summed E-state index contributed by atoms with van der Waals surface area (Å²) in [5.41, 5.74) is 0.913. The van der Waals surface area contributed by atoms with Gasteiger partial charge in [-0.05, 0) is 37.5 Å². The van der Waals surface area contributed by atoms with Gasteiger partial charge in [-0.1, -0.05) is 15.9 Å². The number of nitrogens with zero attached hydrogens (tertiary/aromatic N) is 2. The molecule has 1 saturated carbocycles. The summed E-state index contributed by atoms with van der Waals surface area (Å²) in [7, 11) is 1.69. The summed E-state index contributed by atoms with van der Waals surface area (Å²) in [5.74, 6) is 0.861. The van der Waals surface area contributed by atoms with Crippen LogP contribution in [0.5, 0.6) is 0 Å². The molecular weight excluding hydrogens is 332 g/mol. The maximum absolute atomic E-state index is 11.6. The highest BCUT2D eigenvalue weighted by Gasteiger charge is 2.29. The molecule has 1 fully saturated rings. The van der Waals surface area contributed by atoms with Crippen molar-refractivity contribution < 1.29 is 4.79 Å². The summed E-state index contributed by atoms with van der Waals surface area (Å²) in [4.78, 5) is 20.5. The van der Waals surface area contributed by atoms with E-state index in [1.807, 2.05) is 24.4 Å². The van der Waals surface area contributed by atoms with E-state index in [4.69, 9.17) is 0 Å². The first kappa shape index (κ1) is 14.3. The van der Waals surface area contributed by atoms with Gasteiger partial charge in [0.2, 0.25) is 11.9 Å². The average Bonchev–Trinajstić information content (AvgIpc) is 2.95. The van der Waals surface area contributed by atoms with E-state index in [1.54, 1.807) is 7.05 Å². The van der Waals surface area contributed by atoms with Gasteiger partial charge >= 0.3 is 0 Å². The molecular formula is C15H17BrN4O. The van der Waals surface area contributed by atoms with Crippen LogP contribution in [0.3, 0.4) is 0 Å². The lowest BCUT2D eigenvalue weighted by molar-refractivity contribution is -0.124. The zero-order chi connectivity index (χ0) is 14.8. The Bertz CT molecular complexity index is 676. The highest BCUT2D eigenvalue weighted by Crippen LogP contribution is 2.28. The number of hydrogen-bond acceptors (Lipinski definition) is 4. The minimum Gasteiger partial charge on any atom is -0.359 e. The minimum atomic E-state index is 0.101. The van der Waals surface area contributed by atoms with E-state index in [9.17, 15) is 4.79 Å². The largest absolute Gasteiger partial charge is 0.359 e. The number of aromatic nitrogens is 2. The average molecular weight is 349 g/mol. The molecule has 1 aliphatic rings. The molecule has 1 aromatic heterocycles. The number of hydrogen-bond donors (Lipinski definition) is 2. The fraction of sp³-hybridized carbons (Fsp3) is 0.400. The highest BCUT2D eigenvalue weighted by molar-refractivity contribution is 9.10. The first-order valence-electron chi connectivity index (χ1n) is 7.06. The Kier molecular flexibility index (Phi) is 4.05. The Labute approximate surface area is 131 Å². The van der Waals surface area contributed by atoms with Crippen LogP contribution >= 0.6 is 15.9 Å². The number of amides is 1. The Morgan fingerprint density at radius 2 is 2.24 bits per heavy atom. The summed E-state index contributed by atoms with van der Waals surface area (Å²) in [6, 6.07) is 6.20. The van der Waals surface area contributed by atoms with Gasteiger partial charge in [0.25, 0.3) is 0 Å². The molecule has 2 N–H and O–H groups in total. The van der Waals surface area contributed by atoms with Crippen molar-refractivity contribution in [2.75, 3.05) is 12.4 Å². The molecule has 2 unspecified atom stereocenters. The topological polar surface area (TPSA) is 66.9 Å². The summed E-state index contributed by atoms with van der Waals surface area (Å²) in [6.07, 6.45) is 4.54. The quantitative estimate of drug-likeness (QED) is 0.894. The minimum absolute atomic E-state index is 0.101. The van der Waals surface area contributed by atoms with Crippen LogP contribution in [0.1, 0.15) is 19.3 Å². The molecule has 0 saturated heterocycles. The van der Waals surface area contributed by atoms with Crippen LogP contribution in [0.4, 0.5) is 5.95 Å². The first-order valence-corrected chi connectivity index (χ1v) is 7.85. The lowest BCUT2D eigenvalue weighted by atomic mass is 10.1. The third-order valence-corrected chi connectivity index (χ3v) is 4.42. The van der Waals surface area contributed by atoms with Crippen molar-refractivity contribution in [1.82, 2.24) is 15.3 Å². The fourth-order valence-electron chi connectivity index (χ4n) is 2.81. The van der Waals surface area contributed by atoms with Crippen molar-refractivity contribution in [3.63, 3.8) is 0 Å². The lowest BCUT2D eigenvalue weighted by Crippen LogP contribution is -2.27. The molecule has 1 heterocycles. The molecule has 1 aromatic carbocycles. The van der Waals surface area contributed by atoms with E-state index in [2.05, 4.69) is 36.5 Å². The van der Waals surface area contributed by atoms with Crippen LogP contribution in [-0.2, 0) is 4.79 Å². The molecule has 110 valence electrons. The van der Waals surface area contributed by atoms with E-state index in [-0.39, 0.29) is 17.9 Å². The summed E-state index contributed by atoms with van der Waals surface area (Å²) in [5, 5.41) is 7.07. The molecule has 2 atom stereocenters. The molecule has 1 aliphatic carbocycles. The number of halogens is 1. The first-order chi connectivity index (χ1) is 10.2. The van der Waals surface area contributed by atoms with E-state index in [0.717, 1.165) is 34.6 Å². The van der Waals surface area contributed by atoms with Gasteiger partial charge in [-0.2, -0.15) is 0 Å². The monoisotopic (exact) mass is 348 g/mol. The Balaban J connectivity index is 1.71. The summed E-state index contributed by atoms with van der Waals surface area (Å²) in [6.45, 7) is 0. The number of benzene rings is 1. The maximum atomic E-state index is 11.6. The van der Waals surface area contributed by atoms with Crippen molar-refractivity contribution >= 4 is 38.7 Å². The zero-order valence-corrected chi connectivity index (χ0v) is 13.4. The summed E-state index contributed by atoms with van der Waals surface area (Å²) >= 11 is 3.44. The predicted molar refractivity (Wildman–Crippen MR) is 86.1 cm³/mol. The number of carbonyl (C=O) groups excluding carboxylic acids is 1. The summed E-state index contributed by atoms with van der Waals surface area (Å²) < 4.78 is 1.02. The smallest absolute Gasteiger partial charge is 0.223 e. The van der Waals surface area contributed by atoms with Gasteiger partial charge in [-0.25, -0.2) is 9.97 Å². The molecule has 0 spiro atoms. The van der Waals surface area contributed by atoms with E-state index in [0.29, 0.717) is 5.95 Å². The third-order valence-electron chi connectivity index (χ3n) is 3.92. The number of nitrogens with one attached hydrogen (secondary N) is 2. The van der Waals surface area contributed by atoms with Gasteiger partial charge in [-0.3, -0.25) is 4.79 Å². The zero-order valence-electron chi connectivity index (χ0n) is 11.8. The van der Waals surface area contributed by atoms with E-state index < -0.39 is 0 Å². The number of fused-ring (bicyclic) bond motifs is 1. The van der Waals surface area contributed by atoms with Crippen LogP contribution in [0.25, 0.3) is 10.9 Å². The predicted octanol–water partition coefficient (Wildman–Crippen LogP) is 2.72. The van der Waals surface area contributed by atoms with Gasteiger partial charge in [0.1, 0.15) is 0 Å². The van der Waals surface area contributed by atoms with Crippen molar-refractivity contribution in [1.29, 1.82) is 0 Å². The van der Waals surface area contributed by atoms with Crippen molar-refractivity contribution in [3.05, 3.63) is 28.9 Å². The Morgan fingerprint density at radius 1 is 1.38 bits per heavy atom. The second-order valence-electron chi connectivity index (χ2n) is 5.36. The lowest BCUT2D eigenvalue weighted by Gasteiger charge is -2.13. The third kappa shape index (κ3) is 3.15. The highest BCUT2D eigenvalue weighted by atomic mass is 79.9. The van der Waals surface area contributed by atoms with Crippen molar-refractivity contribution in [2.24, 2.45) is 5.92 Å². The van der Waals surface area contributed by atoms with Crippen LogP contribution < -0.4 is 10.6 Å². The Hall–Kier alpha value is -1.69. The molecule has 0 radical (unpaired) electrons. The SMILES string of the molecule is CNC(=O)C1CCC(Nc2ncc3cc(Br)ccc3n2)C1. The van der Waals surface area contributed by atoms with Gasteiger partial charge in [0.05, 0.1) is 5.52 Å². The molecule has 0 bridgehead atoms. The van der Waals surface area contributed by atoms with Crippen molar-refractivity contribution in [2.45, 2.75) is 25.3 Å². The van der Waals surface area contributed by atoms with E-state index in [1.165, 1.54) is 0 Å². The number of rotatable bonds is 3. The van der Waals surface area contributed by atoms with Gasteiger partial charge in [0, 0.05) is 35.1 Å². The molecule has 0 aliphatic heterocycles. The molecule has 21 heavy (non-hydrogen) atoms. The second kappa shape index (κ2) is 5.97.